The molecule has 1 rings (SSSR count). The summed E-state index contributed by atoms with van der Waals surface area (Å²) in [4.78, 5) is 2.35. The van der Waals surface area contributed by atoms with E-state index in [2.05, 4.69) is 46.0 Å². The van der Waals surface area contributed by atoms with Gasteiger partial charge in [0.1, 0.15) is 0 Å². The molecule has 2 N–H and O–H groups in total. The predicted octanol–water partition coefficient (Wildman–Crippen LogP) is 2.82. The molecule has 0 aliphatic rings. The molecule has 0 amide bonds. The highest BCUT2D eigenvalue weighted by atomic mass is 79.9. The van der Waals surface area contributed by atoms with Crippen molar-refractivity contribution in [1.82, 2.24) is 4.90 Å². The summed E-state index contributed by atoms with van der Waals surface area (Å²) in [7, 11) is 3.45. The van der Waals surface area contributed by atoms with Gasteiger partial charge in [-0.15, -0.1) is 0 Å². The van der Waals surface area contributed by atoms with Crippen molar-refractivity contribution in [1.29, 1.82) is 0 Å². The van der Waals surface area contributed by atoms with Crippen LogP contribution in [0.2, 0.25) is 0 Å². The minimum atomic E-state index is 0.0769. The highest BCUT2D eigenvalue weighted by Gasteiger charge is 2.25. The van der Waals surface area contributed by atoms with E-state index < -0.39 is 0 Å². The van der Waals surface area contributed by atoms with E-state index in [9.17, 15) is 0 Å². The van der Waals surface area contributed by atoms with E-state index in [4.69, 9.17) is 15.2 Å². The lowest BCUT2D eigenvalue weighted by Gasteiger charge is -2.35. The summed E-state index contributed by atoms with van der Waals surface area (Å²) in [6, 6.07) is 8.61. The molecule has 0 aliphatic heterocycles. The van der Waals surface area contributed by atoms with Crippen LogP contribution < -0.4 is 5.73 Å². The first-order valence-corrected chi connectivity index (χ1v) is 8.16. The Balaban J connectivity index is 3.00. The maximum atomic E-state index is 6.41. The summed E-state index contributed by atoms with van der Waals surface area (Å²) >= 11 is 3.55. The van der Waals surface area contributed by atoms with Crippen molar-refractivity contribution in [2.45, 2.75) is 25.4 Å². The van der Waals surface area contributed by atoms with Crippen molar-refractivity contribution >= 4 is 15.9 Å². The number of methoxy groups -OCH3 is 2. The van der Waals surface area contributed by atoms with Crippen molar-refractivity contribution in [3.63, 3.8) is 0 Å². The van der Waals surface area contributed by atoms with E-state index in [1.54, 1.807) is 14.2 Å². The fourth-order valence-electron chi connectivity index (χ4n) is 2.45. The number of ether oxygens (including phenoxy) is 2. The van der Waals surface area contributed by atoms with Crippen molar-refractivity contribution < 1.29 is 9.47 Å². The third-order valence-electron chi connectivity index (χ3n) is 3.63. The summed E-state index contributed by atoms with van der Waals surface area (Å²) in [5.41, 5.74) is 7.63. The summed E-state index contributed by atoms with van der Waals surface area (Å²) < 4.78 is 11.6. The second-order valence-corrected chi connectivity index (χ2v) is 6.01. The Morgan fingerprint density at radius 2 is 1.81 bits per heavy atom. The van der Waals surface area contributed by atoms with Gasteiger partial charge in [-0.05, 0) is 24.1 Å². The number of rotatable bonds is 10. The second kappa shape index (κ2) is 10.3. The summed E-state index contributed by atoms with van der Waals surface area (Å²) in [6.45, 7) is 5.17. The van der Waals surface area contributed by atoms with Crippen LogP contribution in [0.1, 0.15) is 24.9 Å². The molecule has 0 aromatic heterocycles. The Morgan fingerprint density at radius 3 is 2.29 bits per heavy atom. The van der Waals surface area contributed by atoms with Crippen LogP contribution in [0.5, 0.6) is 0 Å². The number of nitrogens with two attached hydrogens (primary N) is 1. The molecule has 2 unspecified atom stereocenters. The van der Waals surface area contributed by atoms with Gasteiger partial charge >= 0.3 is 0 Å². The fraction of sp³-hybridized carbons (Fsp3) is 0.625. The Hall–Kier alpha value is -0.460. The molecule has 0 spiro atoms. The standard InChI is InChI=1S/C16H27BrN2O2/c1-4-15(18)16(13-6-5-7-14(17)12-13)19(8-10-20-2)9-11-21-3/h5-7,12,15-16H,4,8-11,18H2,1-3H3. The lowest BCUT2D eigenvalue weighted by molar-refractivity contribution is 0.0775. The van der Waals surface area contributed by atoms with Gasteiger partial charge in [-0.2, -0.15) is 0 Å². The number of hydrogen-bond donors (Lipinski definition) is 1. The van der Waals surface area contributed by atoms with Crippen LogP contribution >= 0.6 is 15.9 Å². The van der Waals surface area contributed by atoms with Gasteiger partial charge in [0.25, 0.3) is 0 Å². The molecule has 0 fully saturated rings. The first-order valence-electron chi connectivity index (χ1n) is 7.37. The summed E-state index contributed by atoms with van der Waals surface area (Å²) in [5, 5.41) is 0. The molecular weight excluding hydrogens is 332 g/mol. The van der Waals surface area contributed by atoms with Gasteiger partial charge in [0, 0.05) is 37.8 Å². The second-order valence-electron chi connectivity index (χ2n) is 5.09. The number of nitrogens with zero attached hydrogens (tertiary/aromatic N) is 1. The zero-order valence-electron chi connectivity index (χ0n) is 13.2. The normalized spacial score (nSPS) is 14.4. The minimum Gasteiger partial charge on any atom is -0.383 e. The molecule has 1 aromatic carbocycles. The van der Waals surface area contributed by atoms with Crippen LogP contribution in [0.15, 0.2) is 28.7 Å². The lowest BCUT2D eigenvalue weighted by Crippen LogP contribution is -2.43. The van der Waals surface area contributed by atoms with Crippen molar-refractivity contribution in [2.75, 3.05) is 40.5 Å². The molecule has 2 atom stereocenters. The lowest BCUT2D eigenvalue weighted by atomic mass is 9.96. The van der Waals surface area contributed by atoms with E-state index in [0.29, 0.717) is 13.2 Å². The molecule has 0 saturated carbocycles. The molecule has 120 valence electrons. The van der Waals surface area contributed by atoms with Crippen molar-refractivity contribution in [3.8, 4) is 0 Å². The van der Waals surface area contributed by atoms with Gasteiger partial charge in [0.15, 0.2) is 0 Å². The van der Waals surface area contributed by atoms with Gasteiger partial charge < -0.3 is 15.2 Å². The Labute approximate surface area is 136 Å². The fourth-order valence-corrected chi connectivity index (χ4v) is 2.87. The molecule has 0 saturated heterocycles. The van der Waals surface area contributed by atoms with Gasteiger partial charge in [-0.25, -0.2) is 0 Å². The number of halogens is 1. The van der Waals surface area contributed by atoms with E-state index in [1.807, 2.05) is 6.07 Å². The monoisotopic (exact) mass is 358 g/mol. The van der Waals surface area contributed by atoms with E-state index in [0.717, 1.165) is 24.0 Å². The molecule has 0 radical (unpaired) electrons. The zero-order valence-corrected chi connectivity index (χ0v) is 14.8. The van der Waals surface area contributed by atoms with Crippen LogP contribution in [0.25, 0.3) is 0 Å². The molecule has 0 bridgehead atoms. The first-order chi connectivity index (χ1) is 10.1. The quantitative estimate of drug-likeness (QED) is 0.698. The Morgan fingerprint density at radius 1 is 1.19 bits per heavy atom. The summed E-state index contributed by atoms with van der Waals surface area (Å²) in [5.74, 6) is 0. The average molecular weight is 359 g/mol. The maximum Gasteiger partial charge on any atom is 0.0589 e. The Bertz CT molecular complexity index is 396. The van der Waals surface area contributed by atoms with Gasteiger partial charge in [0.05, 0.1) is 19.3 Å². The van der Waals surface area contributed by atoms with Crippen molar-refractivity contribution in [3.05, 3.63) is 34.3 Å². The molecular formula is C16H27BrN2O2. The number of hydrogen-bond acceptors (Lipinski definition) is 4. The van der Waals surface area contributed by atoms with Crippen LogP contribution in [0.3, 0.4) is 0 Å². The predicted molar refractivity (Wildman–Crippen MR) is 90.5 cm³/mol. The van der Waals surface area contributed by atoms with Gasteiger partial charge in [0.2, 0.25) is 0 Å². The number of benzene rings is 1. The zero-order chi connectivity index (χ0) is 15.7. The molecule has 4 nitrogen and oxygen atoms in total. The third-order valence-corrected chi connectivity index (χ3v) is 4.12. The van der Waals surface area contributed by atoms with Crippen molar-refractivity contribution in [2.24, 2.45) is 5.73 Å². The topological polar surface area (TPSA) is 47.7 Å². The largest absolute Gasteiger partial charge is 0.383 e. The van der Waals surface area contributed by atoms with Crippen LogP contribution in [0, 0.1) is 0 Å². The highest BCUT2D eigenvalue weighted by molar-refractivity contribution is 9.10. The van der Waals surface area contributed by atoms with Gasteiger partial charge in [-0.1, -0.05) is 35.0 Å². The smallest absolute Gasteiger partial charge is 0.0589 e. The minimum absolute atomic E-state index is 0.0769. The molecule has 0 heterocycles. The SMILES string of the molecule is CCC(N)C(c1cccc(Br)c1)N(CCOC)CCOC. The van der Waals surface area contributed by atoms with Crippen LogP contribution in [-0.2, 0) is 9.47 Å². The van der Waals surface area contributed by atoms with E-state index in [1.165, 1.54) is 5.56 Å². The molecule has 5 heteroatoms. The van der Waals surface area contributed by atoms with Crippen LogP contribution in [-0.4, -0.2) is 51.5 Å². The maximum absolute atomic E-state index is 6.41. The Kier molecular flexibility index (Phi) is 9.11. The van der Waals surface area contributed by atoms with E-state index in [-0.39, 0.29) is 12.1 Å². The first kappa shape index (κ1) is 18.6. The molecule has 0 aliphatic carbocycles. The summed E-state index contributed by atoms with van der Waals surface area (Å²) in [6.07, 6.45) is 0.924. The molecule has 21 heavy (non-hydrogen) atoms. The van der Waals surface area contributed by atoms with Gasteiger partial charge in [-0.3, -0.25) is 4.90 Å². The van der Waals surface area contributed by atoms with Crippen LogP contribution in [0.4, 0.5) is 0 Å². The molecule has 1 aromatic rings. The third kappa shape index (κ3) is 6.04. The highest BCUT2D eigenvalue weighted by Crippen LogP contribution is 2.27. The van der Waals surface area contributed by atoms with E-state index >= 15 is 0 Å². The average Bonchev–Trinajstić information content (AvgIpc) is 2.49.